The maximum Gasteiger partial charge on any atom is 0.184 e. The summed E-state index contributed by atoms with van der Waals surface area (Å²) in [6.07, 6.45) is 1.44. The van der Waals surface area contributed by atoms with Gasteiger partial charge in [-0.15, -0.1) is 0 Å². The zero-order chi connectivity index (χ0) is 14.0. The summed E-state index contributed by atoms with van der Waals surface area (Å²) in [6, 6.07) is 10.2. The van der Waals surface area contributed by atoms with Crippen LogP contribution in [-0.4, -0.2) is 37.8 Å². The average molecular weight is 278 g/mol. The van der Waals surface area contributed by atoms with Crippen LogP contribution in [0.2, 0.25) is 0 Å². The van der Waals surface area contributed by atoms with Crippen molar-refractivity contribution in [2.45, 2.75) is 50.5 Å². The van der Waals surface area contributed by atoms with Gasteiger partial charge < -0.3 is 18.9 Å². The number of hydrogen-bond acceptors (Lipinski definition) is 4. The van der Waals surface area contributed by atoms with E-state index in [9.17, 15) is 0 Å². The Kier molecular flexibility index (Phi) is 4.08. The highest BCUT2D eigenvalue weighted by molar-refractivity contribution is 5.13. The minimum Gasteiger partial charge on any atom is -0.376 e. The van der Waals surface area contributed by atoms with E-state index in [1.165, 1.54) is 5.56 Å². The van der Waals surface area contributed by atoms with E-state index in [4.69, 9.17) is 18.9 Å². The molecule has 2 bridgehead atoms. The summed E-state index contributed by atoms with van der Waals surface area (Å²) in [7, 11) is 1.70. The SMILES string of the molecule is CC[C@]12CO[C@H](O1)[C@H](OC)C[C@@H]2OCc1ccccc1. The first-order valence-electron chi connectivity index (χ1n) is 7.25. The van der Waals surface area contributed by atoms with Gasteiger partial charge in [0, 0.05) is 13.5 Å². The summed E-state index contributed by atoms with van der Waals surface area (Å²) in [5.41, 5.74) is 0.864. The third-order valence-corrected chi connectivity index (χ3v) is 4.37. The lowest BCUT2D eigenvalue weighted by Gasteiger charge is -2.41. The van der Waals surface area contributed by atoms with Crippen molar-refractivity contribution < 1.29 is 18.9 Å². The summed E-state index contributed by atoms with van der Waals surface area (Å²) < 4.78 is 23.4. The molecule has 2 heterocycles. The smallest absolute Gasteiger partial charge is 0.184 e. The minimum atomic E-state index is -0.311. The molecular formula is C16H22O4. The van der Waals surface area contributed by atoms with Gasteiger partial charge in [-0.25, -0.2) is 0 Å². The quantitative estimate of drug-likeness (QED) is 0.829. The topological polar surface area (TPSA) is 36.9 Å². The molecule has 110 valence electrons. The predicted molar refractivity (Wildman–Crippen MR) is 74.3 cm³/mol. The number of hydrogen-bond donors (Lipinski definition) is 0. The maximum atomic E-state index is 6.14. The van der Waals surface area contributed by atoms with Crippen molar-refractivity contribution in [3.05, 3.63) is 35.9 Å². The average Bonchev–Trinajstić information content (AvgIpc) is 2.89. The second-order valence-electron chi connectivity index (χ2n) is 5.51. The molecule has 2 saturated heterocycles. The summed E-state index contributed by atoms with van der Waals surface area (Å²) in [5.74, 6) is 0. The van der Waals surface area contributed by atoms with Gasteiger partial charge in [0.15, 0.2) is 6.29 Å². The van der Waals surface area contributed by atoms with Gasteiger partial charge in [0.2, 0.25) is 0 Å². The first-order valence-corrected chi connectivity index (χ1v) is 7.25. The Balaban J connectivity index is 1.69. The lowest BCUT2D eigenvalue weighted by Crippen LogP contribution is -2.53. The first kappa shape index (κ1) is 14.0. The number of methoxy groups -OCH3 is 1. The highest BCUT2D eigenvalue weighted by Crippen LogP contribution is 2.41. The first-order chi connectivity index (χ1) is 9.77. The molecule has 4 nitrogen and oxygen atoms in total. The molecule has 0 aliphatic carbocycles. The molecular weight excluding hydrogens is 256 g/mol. The molecule has 0 amide bonds. The Hall–Kier alpha value is -0.940. The Labute approximate surface area is 120 Å². The van der Waals surface area contributed by atoms with Crippen LogP contribution in [0.25, 0.3) is 0 Å². The van der Waals surface area contributed by atoms with Crippen molar-refractivity contribution in [1.29, 1.82) is 0 Å². The normalized spacial score (nSPS) is 36.2. The molecule has 2 aliphatic rings. The Morgan fingerprint density at radius 3 is 2.80 bits per heavy atom. The third kappa shape index (κ3) is 2.49. The van der Waals surface area contributed by atoms with Crippen LogP contribution < -0.4 is 0 Å². The molecule has 3 rings (SSSR count). The van der Waals surface area contributed by atoms with E-state index in [0.29, 0.717) is 13.2 Å². The van der Waals surface area contributed by atoms with E-state index in [2.05, 4.69) is 19.1 Å². The lowest BCUT2D eigenvalue weighted by molar-refractivity contribution is -0.235. The molecule has 0 saturated carbocycles. The van der Waals surface area contributed by atoms with Gasteiger partial charge in [-0.3, -0.25) is 0 Å². The van der Waals surface area contributed by atoms with Gasteiger partial charge in [-0.05, 0) is 12.0 Å². The Morgan fingerprint density at radius 2 is 2.10 bits per heavy atom. The monoisotopic (exact) mass is 278 g/mol. The number of rotatable bonds is 5. The summed E-state index contributed by atoms with van der Waals surface area (Å²) in [4.78, 5) is 0. The fraction of sp³-hybridized carbons (Fsp3) is 0.625. The number of fused-ring (bicyclic) bond motifs is 2. The second-order valence-corrected chi connectivity index (χ2v) is 5.51. The molecule has 0 aromatic heterocycles. The van der Waals surface area contributed by atoms with Gasteiger partial charge in [0.05, 0.1) is 19.3 Å². The van der Waals surface area contributed by atoms with Crippen molar-refractivity contribution in [3.63, 3.8) is 0 Å². The van der Waals surface area contributed by atoms with E-state index in [1.807, 2.05) is 18.2 Å². The van der Waals surface area contributed by atoms with Crippen molar-refractivity contribution in [1.82, 2.24) is 0 Å². The van der Waals surface area contributed by atoms with Crippen LogP contribution >= 0.6 is 0 Å². The van der Waals surface area contributed by atoms with Crippen molar-refractivity contribution in [2.24, 2.45) is 0 Å². The van der Waals surface area contributed by atoms with Crippen molar-refractivity contribution in [2.75, 3.05) is 13.7 Å². The van der Waals surface area contributed by atoms with Gasteiger partial charge >= 0.3 is 0 Å². The summed E-state index contributed by atoms with van der Waals surface area (Å²) in [6.45, 7) is 3.31. The van der Waals surface area contributed by atoms with Crippen LogP contribution in [0.1, 0.15) is 25.3 Å². The molecule has 0 N–H and O–H groups in total. The standard InChI is InChI=1S/C16H22O4/c1-3-16-11-19-15(20-16)13(17-2)9-14(16)18-10-12-7-5-4-6-8-12/h4-8,13-15H,3,9-11H2,1-2H3/t13-,14+,15-,16-/m1/s1. The molecule has 0 unspecified atom stereocenters. The summed E-state index contributed by atoms with van der Waals surface area (Å²) >= 11 is 0. The van der Waals surface area contributed by atoms with Crippen LogP contribution in [0.15, 0.2) is 30.3 Å². The Bertz CT molecular complexity index is 435. The van der Waals surface area contributed by atoms with Crippen LogP contribution in [0.3, 0.4) is 0 Å². The highest BCUT2D eigenvalue weighted by atomic mass is 16.8. The fourth-order valence-corrected chi connectivity index (χ4v) is 3.02. The van der Waals surface area contributed by atoms with Crippen molar-refractivity contribution in [3.8, 4) is 0 Å². The van der Waals surface area contributed by atoms with Gasteiger partial charge in [-0.2, -0.15) is 0 Å². The van der Waals surface area contributed by atoms with Crippen LogP contribution in [-0.2, 0) is 25.6 Å². The largest absolute Gasteiger partial charge is 0.376 e. The van der Waals surface area contributed by atoms with E-state index in [0.717, 1.165) is 12.8 Å². The zero-order valence-corrected chi connectivity index (χ0v) is 12.1. The maximum absolute atomic E-state index is 6.14. The minimum absolute atomic E-state index is 0.0106. The molecule has 4 atom stereocenters. The fourth-order valence-electron chi connectivity index (χ4n) is 3.02. The second kappa shape index (κ2) is 5.82. The molecule has 0 spiro atoms. The number of ether oxygens (including phenoxy) is 4. The third-order valence-electron chi connectivity index (χ3n) is 4.37. The van der Waals surface area contributed by atoms with E-state index >= 15 is 0 Å². The van der Waals surface area contributed by atoms with Crippen LogP contribution in [0.5, 0.6) is 0 Å². The molecule has 4 heteroatoms. The zero-order valence-electron chi connectivity index (χ0n) is 12.1. The van der Waals surface area contributed by atoms with E-state index in [-0.39, 0.29) is 24.1 Å². The van der Waals surface area contributed by atoms with Crippen molar-refractivity contribution >= 4 is 0 Å². The predicted octanol–water partition coefficient (Wildman–Crippen LogP) is 2.51. The molecule has 20 heavy (non-hydrogen) atoms. The molecule has 2 aliphatic heterocycles. The highest BCUT2D eigenvalue weighted by Gasteiger charge is 2.54. The van der Waals surface area contributed by atoms with E-state index in [1.54, 1.807) is 7.11 Å². The van der Waals surface area contributed by atoms with Gasteiger partial charge in [0.1, 0.15) is 11.7 Å². The van der Waals surface area contributed by atoms with Gasteiger partial charge in [-0.1, -0.05) is 37.3 Å². The molecule has 1 aromatic rings. The van der Waals surface area contributed by atoms with Gasteiger partial charge in [0.25, 0.3) is 0 Å². The van der Waals surface area contributed by atoms with E-state index < -0.39 is 0 Å². The summed E-state index contributed by atoms with van der Waals surface area (Å²) in [5, 5.41) is 0. The lowest BCUT2D eigenvalue weighted by atomic mass is 9.88. The Morgan fingerprint density at radius 1 is 1.30 bits per heavy atom. The number of benzene rings is 1. The molecule has 0 radical (unpaired) electrons. The molecule has 2 fully saturated rings. The van der Waals surface area contributed by atoms with Crippen LogP contribution in [0.4, 0.5) is 0 Å². The van der Waals surface area contributed by atoms with Crippen LogP contribution in [0, 0.1) is 0 Å². The molecule has 1 aromatic carbocycles.